The van der Waals surface area contributed by atoms with Crippen molar-refractivity contribution >= 4 is 22.1 Å². The first-order valence-electron chi connectivity index (χ1n) is 11.1. The number of aryl methyl sites for hydroxylation is 1. The number of nitrogen functional groups attached to an aromatic ring is 1. The molecular formula is C25H25N6O. The van der Waals surface area contributed by atoms with Crippen molar-refractivity contribution < 1.29 is 4.74 Å². The molecule has 4 aromatic heterocycles. The van der Waals surface area contributed by atoms with Crippen molar-refractivity contribution in [1.29, 1.82) is 0 Å². The smallest absolute Gasteiger partial charge is 0.143 e. The number of nitrogens with zero attached hydrogens (tertiary/aromatic N) is 5. The van der Waals surface area contributed by atoms with Gasteiger partial charge in [-0.25, -0.2) is 4.52 Å². The molecule has 4 heterocycles. The Bertz CT molecular complexity index is 1420. The Balaban J connectivity index is 1.42. The van der Waals surface area contributed by atoms with Gasteiger partial charge >= 0.3 is 0 Å². The Morgan fingerprint density at radius 1 is 1.25 bits per heavy atom. The van der Waals surface area contributed by atoms with Crippen LogP contribution in [-0.4, -0.2) is 30.6 Å². The Labute approximate surface area is 186 Å². The molecule has 1 aromatic carbocycles. The molecule has 0 saturated heterocycles. The summed E-state index contributed by atoms with van der Waals surface area (Å²) in [6.45, 7) is 4.29. The minimum absolute atomic E-state index is 0.521. The maximum atomic E-state index is 6.26. The van der Waals surface area contributed by atoms with Crippen molar-refractivity contribution in [1.82, 2.24) is 24.0 Å². The van der Waals surface area contributed by atoms with Gasteiger partial charge in [-0.3, -0.25) is 4.68 Å². The average molecular weight is 426 g/mol. The van der Waals surface area contributed by atoms with Crippen LogP contribution in [0.1, 0.15) is 18.4 Å². The molecule has 161 valence electrons. The molecular weight excluding hydrogens is 400 g/mol. The first-order valence-corrected chi connectivity index (χ1v) is 11.1. The average Bonchev–Trinajstić information content (AvgIpc) is 3.26. The molecule has 0 bridgehead atoms. The molecule has 0 amide bonds. The summed E-state index contributed by atoms with van der Waals surface area (Å²) in [6.07, 6.45) is 7.92. The van der Waals surface area contributed by atoms with E-state index in [9.17, 15) is 0 Å². The van der Waals surface area contributed by atoms with Gasteiger partial charge in [-0.1, -0.05) is 18.2 Å². The summed E-state index contributed by atoms with van der Waals surface area (Å²) in [7, 11) is 0. The summed E-state index contributed by atoms with van der Waals surface area (Å²) in [5.41, 5.74) is 12.0. The molecule has 1 fully saturated rings. The van der Waals surface area contributed by atoms with E-state index in [1.807, 2.05) is 23.0 Å². The normalized spacial score (nSPS) is 13.9. The number of nitrogens with two attached hydrogens (primary N) is 1. The molecule has 6 rings (SSSR count). The van der Waals surface area contributed by atoms with Crippen molar-refractivity contribution in [2.45, 2.75) is 32.9 Å². The van der Waals surface area contributed by atoms with Gasteiger partial charge in [0.05, 0.1) is 35.2 Å². The van der Waals surface area contributed by atoms with Crippen molar-refractivity contribution in [3.05, 3.63) is 66.6 Å². The van der Waals surface area contributed by atoms with E-state index in [4.69, 9.17) is 15.6 Å². The van der Waals surface area contributed by atoms with Crippen LogP contribution < -0.4 is 10.5 Å². The molecule has 7 heteroatoms. The molecule has 2 N–H and O–H groups in total. The van der Waals surface area contributed by atoms with Gasteiger partial charge in [0.2, 0.25) is 0 Å². The summed E-state index contributed by atoms with van der Waals surface area (Å²) >= 11 is 0. The molecule has 1 aliphatic rings. The van der Waals surface area contributed by atoms with Crippen LogP contribution in [0.25, 0.3) is 27.8 Å². The van der Waals surface area contributed by atoms with Gasteiger partial charge in [-0.2, -0.15) is 10.2 Å². The molecule has 5 aromatic rings. The van der Waals surface area contributed by atoms with E-state index in [2.05, 4.69) is 53.0 Å². The van der Waals surface area contributed by atoms with Gasteiger partial charge in [0.15, 0.2) is 0 Å². The highest BCUT2D eigenvalue weighted by Gasteiger charge is 2.26. The van der Waals surface area contributed by atoms with Crippen LogP contribution in [-0.2, 0) is 13.1 Å². The lowest BCUT2D eigenvalue weighted by atomic mass is 10.1. The van der Waals surface area contributed by atoms with E-state index in [0.29, 0.717) is 18.8 Å². The number of anilines is 1. The summed E-state index contributed by atoms with van der Waals surface area (Å²) in [4.78, 5) is 0. The van der Waals surface area contributed by atoms with Gasteiger partial charge in [-0.05, 0) is 43.9 Å². The lowest BCUT2D eigenvalue weighted by Crippen LogP contribution is -2.10. The van der Waals surface area contributed by atoms with Crippen LogP contribution in [0.4, 0.5) is 5.69 Å². The summed E-state index contributed by atoms with van der Waals surface area (Å²) in [5, 5.41) is 10.3. The number of ether oxygens (including phenoxy) is 1. The quantitative estimate of drug-likeness (QED) is 0.421. The zero-order valence-corrected chi connectivity index (χ0v) is 18.0. The SMILES string of the molecule is Cc1c(-c2cc3cccc(OCCn4cc(N)cn4)c3n2CC2CC2)nn2c[c]ccc12. The number of aromatic nitrogens is 5. The Morgan fingerprint density at radius 2 is 2.16 bits per heavy atom. The summed E-state index contributed by atoms with van der Waals surface area (Å²) in [5.74, 6) is 1.61. The lowest BCUT2D eigenvalue weighted by molar-refractivity contribution is 0.293. The van der Waals surface area contributed by atoms with Gasteiger partial charge in [-0.15, -0.1) is 0 Å². The summed E-state index contributed by atoms with van der Waals surface area (Å²) < 4.78 is 12.4. The Morgan fingerprint density at radius 3 is 2.94 bits per heavy atom. The maximum absolute atomic E-state index is 6.26. The molecule has 0 aliphatic heterocycles. The minimum Gasteiger partial charge on any atom is -0.489 e. The molecule has 1 radical (unpaired) electrons. The second-order valence-electron chi connectivity index (χ2n) is 8.60. The standard InChI is InChI=1S/C25H25N6O/c1-17-21-6-2-3-10-31(21)28-24(17)22-13-19-5-4-7-23(25(19)30(22)15-18-8-9-18)32-12-11-29-16-20(26)14-27-29/h2,4-7,10,13-14,16,18H,8-9,11-12,15,26H2,1H3. The summed E-state index contributed by atoms with van der Waals surface area (Å²) in [6, 6.07) is 15.6. The van der Waals surface area contributed by atoms with Crippen molar-refractivity contribution in [2.24, 2.45) is 5.92 Å². The third-order valence-electron chi connectivity index (χ3n) is 6.22. The number of rotatable bonds is 7. The van der Waals surface area contributed by atoms with Gasteiger partial charge in [0, 0.05) is 36.0 Å². The number of hydrogen-bond acceptors (Lipinski definition) is 4. The van der Waals surface area contributed by atoms with Gasteiger partial charge in [0.25, 0.3) is 0 Å². The zero-order chi connectivity index (χ0) is 21.7. The third-order valence-corrected chi connectivity index (χ3v) is 6.22. The highest BCUT2D eigenvalue weighted by molar-refractivity contribution is 5.92. The maximum Gasteiger partial charge on any atom is 0.143 e. The van der Waals surface area contributed by atoms with Crippen LogP contribution in [0.15, 0.2) is 55.0 Å². The second kappa shape index (κ2) is 7.44. The van der Waals surface area contributed by atoms with E-state index < -0.39 is 0 Å². The predicted molar refractivity (Wildman–Crippen MR) is 125 cm³/mol. The van der Waals surface area contributed by atoms with Crippen LogP contribution in [0.5, 0.6) is 5.75 Å². The third kappa shape index (κ3) is 3.30. The molecule has 0 unspecified atom stereocenters. The molecule has 0 spiro atoms. The molecule has 7 nitrogen and oxygen atoms in total. The fourth-order valence-corrected chi connectivity index (χ4v) is 4.42. The predicted octanol–water partition coefficient (Wildman–Crippen LogP) is 4.33. The van der Waals surface area contributed by atoms with E-state index in [1.165, 1.54) is 23.8 Å². The first-order chi connectivity index (χ1) is 15.7. The van der Waals surface area contributed by atoms with Crippen molar-refractivity contribution in [3.63, 3.8) is 0 Å². The first kappa shape index (κ1) is 19.0. The molecule has 1 saturated carbocycles. The van der Waals surface area contributed by atoms with Crippen molar-refractivity contribution in [2.75, 3.05) is 12.3 Å². The largest absolute Gasteiger partial charge is 0.489 e. The van der Waals surface area contributed by atoms with Crippen LogP contribution in [0.3, 0.4) is 0 Å². The van der Waals surface area contributed by atoms with Gasteiger partial charge in [0.1, 0.15) is 18.1 Å². The van der Waals surface area contributed by atoms with Gasteiger partial charge < -0.3 is 15.0 Å². The minimum atomic E-state index is 0.521. The number of fused-ring (bicyclic) bond motifs is 2. The highest BCUT2D eigenvalue weighted by atomic mass is 16.5. The van der Waals surface area contributed by atoms with E-state index >= 15 is 0 Å². The second-order valence-corrected chi connectivity index (χ2v) is 8.60. The number of pyridine rings is 1. The van der Waals surface area contributed by atoms with E-state index in [1.54, 1.807) is 10.9 Å². The highest BCUT2D eigenvalue weighted by Crippen LogP contribution is 2.39. The number of hydrogen-bond donors (Lipinski definition) is 1. The molecule has 1 aliphatic carbocycles. The Kier molecular flexibility index (Phi) is 4.41. The van der Waals surface area contributed by atoms with Crippen LogP contribution in [0.2, 0.25) is 0 Å². The Hall–Kier alpha value is -3.74. The molecule has 0 atom stereocenters. The zero-order valence-electron chi connectivity index (χ0n) is 18.0. The van der Waals surface area contributed by atoms with Crippen molar-refractivity contribution in [3.8, 4) is 17.1 Å². The fourth-order valence-electron chi connectivity index (χ4n) is 4.42. The van der Waals surface area contributed by atoms with Crippen LogP contribution >= 0.6 is 0 Å². The number of para-hydroxylation sites is 1. The fraction of sp³-hybridized carbons (Fsp3) is 0.280. The van der Waals surface area contributed by atoms with E-state index in [0.717, 1.165) is 40.6 Å². The molecule has 32 heavy (non-hydrogen) atoms. The monoisotopic (exact) mass is 425 g/mol. The number of benzene rings is 1. The van der Waals surface area contributed by atoms with E-state index in [-0.39, 0.29) is 0 Å². The van der Waals surface area contributed by atoms with Crippen LogP contribution in [0, 0.1) is 18.9 Å². The topological polar surface area (TPSA) is 75.3 Å². The lowest BCUT2D eigenvalue weighted by Gasteiger charge is -2.13.